The highest BCUT2D eigenvalue weighted by Crippen LogP contribution is 2.43. The van der Waals surface area contributed by atoms with Gasteiger partial charge in [0.15, 0.2) is 0 Å². The van der Waals surface area contributed by atoms with Gasteiger partial charge >= 0.3 is 6.09 Å². The fourth-order valence-electron chi connectivity index (χ4n) is 3.66. The third-order valence-corrected chi connectivity index (χ3v) is 4.77. The predicted molar refractivity (Wildman–Crippen MR) is 85.5 cm³/mol. The van der Waals surface area contributed by atoms with Gasteiger partial charge in [0.2, 0.25) is 5.91 Å². The summed E-state index contributed by atoms with van der Waals surface area (Å²) in [5.41, 5.74) is -0.693. The summed E-state index contributed by atoms with van der Waals surface area (Å²) in [6, 6.07) is 0. The molecule has 3 fully saturated rings. The van der Waals surface area contributed by atoms with Crippen molar-refractivity contribution in [3.8, 4) is 0 Å². The van der Waals surface area contributed by atoms with E-state index in [0.717, 1.165) is 38.6 Å². The van der Waals surface area contributed by atoms with Crippen molar-refractivity contribution in [1.29, 1.82) is 0 Å². The lowest BCUT2D eigenvalue weighted by atomic mass is 9.70. The number of fused-ring (bicyclic) bond motifs is 3. The van der Waals surface area contributed by atoms with E-state index in [0.29, 0.717) is 18.9 Å². The minimum Gasteiger partial charge on any atom is -0.444 e. The molecule has 0 spiro atoms. The van der Waals surface area contributed by atoms with Gasteiger partial charge in [-0.1, -0.05) is 6.92 Å². The summed E-state index contributed by atoms with van der Waals surface area (Å²) in [6.07, 6.45) is 5.37. The summed E-state index contributed by atoms with van der Waals surface area (Å²) in [7, 11) is 0. The van der Waals surface area contributed by atoms with Crippen LogP contribution in [0, 0.1) is 5.92 Å². The molecule has 2 aliphatic heterocycles. The second kappa shape index (κ2) is 6.47. The third kappa shape index (κ3) is 3.93. The minimum atomic E-state index is -0.496. The summed E-state index contributed by atoms with van der Waals surface area (Å²) < 4.78 is 5.32. The Morgan fingerprint density at radius 2 is 1.91 bits per heavy atom. The second-order valence-electron chi connectivity index (χ2n) is 7.78. The number of nitrogens with zero attached hydrogens (tertiary/aromatic N) is 1. The molecule has 0 aromatic heterocycles. The molecule has 3 rings (SSSR count). The van der Waals surface area contributed by atoms with Crippen molar-refractivity contribution in [3.05, 3.63) is 0 Å². The van der Waals surface area contributed by atoms with E-state index in [1.807, 2.05) is 32.6 Å². The Hall–Kier alpha value is -1.26. The molecule has 0 radical (unpaired) electrons. The number of rotatable bonds is 4. The topological polar surface area (TPSA) is 58.6 Å². The van der Waals surface area contributed by atoms with Crippen molar-refractivity contribution in [2.75, 3.05) is 13.1 Å². The van der Waals surface area contributed by atoms with Gasteiger partial charge in [-0.25, -0.2) is 4.79 Å². The van der Waals surface area contributed by atoms with Crippen LogP contribution in [-0.4, -0.2) is 41.1 Å². The summed E-state index contributed by atoms with van der Waals surface area (Å²) in [6.45, 7) is 8.96. The number of carbonyl (C=O) groups is 2. The van der Waals surface area contributed by atoms with Crippen LogP contribution in [0.25, 0.3) is 0 Å². The smallest absolute Gasteiger partial charge is 0.407 e. The Balaban J connectivity index is 2.01. The molecule has 5 nitrogen and oxygen atoms in total. The van der Waals surface area contributed by atoms with Gasteiger partial charge in [0.1, 0.15) is 5.60 Å². The number of hydrogen-bond acceptors (Lipinski definition) is 3. The fraction of sp³-hybridized carbons (Fsp3) is 0.882. The standard InChI is InChI=1S/C17H30N2O3/c1-5-6-14(20)19-11-13-7-9-17(19,10-8-13)12-18-15(21)22-16(2,3)4/h13H,5-12H2,1-4H3,(H,18,21). The lowest BCUT2D eigenvalue weighted by Crippen LogP contribution is -2.64. The van der Waals surface area contributed by atoms with Crippen LogP contribution in [0.2, 0.25) is 0 Å². The first-order valence-electron chi connectivity index (χ1n) is 8.53. The molecule has 0 atom stereocenters. The molecule has 1 saturated carbocycles. The molecule has 2 bridgehead atoms. The van der Waals surface area contributed by atoms with Crippen LogP contribution in [0.1, 0.15) is 66.2 Å². The lowest BCUT2D eigenvalue weighted by molar-refractivity contribution is -0.147. The third-order valence-electron chi connectivity index (χ3n) is 4.77. The van der Waals surface area contributed by atoms with Crippen molar-refractivity contribution < 1.29 is 14.3 Å². The maximum absolute atomic E-state index is 12.4. The van der Waals surface area contributed by atoms with Gasteiger partial charge in [-0.3, -0.25) is 4.79 Å². The van der Waals surface area contributed by atoms with Gasteiger partial charge in [-0.15, -0.1) is 0 Å². The quantitative estimate of drug-likeness (QED) is 0.868. The van der Waals surface area contributed by atoms with E-state index >= 15 is 0 Å². The zero-order chi connectivity index (χ0) is 16.4. The largest absolute Gasteiger partial charge is 0.444 e. The maximum atomic E-state index is 12.4. The first-order valence-corrected chi connectivity index (χ1v) is 8.53. The van der Waals surface area contributed by atoms with E-state index < -0.39 is 11.7 Å². The molecule has 0 aromatic rings. The van der Waals surface area contributed by atoms with Gasteiger partial charge in [-0.2, -0.15) is 0 Å². The Morgan fingerprint density at radius 1 is 1.27 bits per heavy atom. The molecular weight excluding hydrogens is 280 g/mol. The van der Waals surface area contributed by atoms with E-state index in [1.54, 1.807) is 0 Å². The van der Waals surface area contributed by atoms with Crippen LogP contribution in [0.15, 0.2) is 0 Å². The first-order chi connectivity index (χ1) is 10.3. The molecule has 1 aliphatic carbocycles. The molecule has 3 aliphatic rings. The van der Waals surface area contributed by atoms with E-state index in [2.05, 4.69) is 5.32 Å². The molecule has 0 aromatic carbocycles. The SMILES string of the molecule is CCCC(=O)N1CC2CCC1(CNC(=O)OC(C)(C)C)CC2. The van der Waals surface area contributed by atoms with Crippen molar-refractivity contribution in [2.45, 2.75) is 77.4 Å². The summed E-state index contributed by atoms with van der Waals surface area (Å²) in [5, 5.41) is 2.90. The predicted octanol–water partition coefficient (Wildman–Crippen LogP) is 3.08. The van der Waals surface area contributed by atoms with E-state index in [9.17, 15) is 9.59 Å². The van der Waals surface area contributed by atoms with Crippen molar-refractivity contribution in [1.82, 2.24) is 10.2 Å². The van der Waals surface area contributed by atoms with Gasteiger partial charge in [0.05, 0.1) is 5.54 Å². The molecule has 1 N–H and O–H groups in total. The molecule has 22 heavy (non-hydrogen) atoms. The number of nitrogens with one attached hydrogen (secondary N) is 1. The Labute approximate surface area is 133 Å². The highest BCUT2D eigenvalue weighted by Gasteiger charge is 2.48. The van der Waals surface area contributed by atoms with E-state index in [-0.39, 0.29) is 11.4 Å². The number of hydrogen-bond donors (Lipinski definition) is 1. The van der Waals surface area contributed by atoms with E-state index in [1.165, 1.54) is 0 Å². The highest BCUT2D eigenvalue weighted by atomic mass is 16.6. The van der Waals surface area contributed by atoms with Crippen LogP contribution in [-0.2, 0) is 9.53 Å². The molecule has 5 heteroatoms. The van der Waals surface area contributed by atoms with Crippen LogP contribution in [0.4, 0.5) is 4.79 Å². The monoisotopic (exact) mass is 310 g/mol. The van der Waals surface area contributed by atoms with E-state index in [4.69, 9.17) is 4.74 Å². The number of piperidine rings is 2. The molecule has 126 valence electrons. The Bertz CT molecular complexity index is 420. The summed E-state index contributed by atoms with van der Waals surface area (Å²) >= 11 is 0. The average molecular weight is 310 g/mol. The average Bonchev–Trinajstić information content (AvgIpc) is 2.45. The van der Waals surface area contributed by atoms with Crippen LogP contribution < -0.4 is 5.32 Å². The molecule has 2 heterocycles. The number of ether oxygens (including phenoxy) is 1. The van der Waals surface area contributed by atoms with Crippen molar-refractivity contribution in [3.63, 3.8) is 0 Å². The highest BCUT2D eigenvalue weighted by molar-refractivity contribution is 5.77. The summed E-state index contributed by atoms with van der Waals surface area (Å²) in [5.74, 6) is 0.877. The number of amides is 2. The zero-order valence-corrected chi connectivity index (χ0v) is 14.4. The summed E-state index contributed by atoms with van der Waals surface area (Å²) in [4.78, 5) is 26.4. The lowest BCUT2D eigenvalue weighted by Gasteiger charge is -2.54. The zero-order valence-electron chi connectivity index (χ0n) is 14.4. The van der Waals surface area contributed by atoms with Crippen molar-refractivity contribution >= 4 is 12.0 Å². The van der Waals surface area contributed by atoms with Gasteiger partial charge in [-0.05, 0) is 58.8 Å². The van der Waals surface area contributed by atoms with Gasteiger partial charge in [0.25, 0.3) is 0 Å². The van der Waals surface area contributed by atoms with Gasteiger partial charge < -0.3 is 15.0 Å². The number of carbonyl (C=O) groups excluding carboxylic acids is 2. The normalized spacial score (nSPS) is 27.6. The Kier molecular flexibility index (Phi) is 5.03. The maximum Gasteiger partial charge on any atom is 0.407 e. The molecule has 0 unspecified atom stereocenters. The van der Waals surface area contributed by atoms with Crippen LogP contribution >= 0.6 is 0 Å². The molecular formula is C17H30N2O3. The van der Waals surface area contributed by atoms with Gasteiger partial charge in [0, 0.05) is 19.5 Å². The van der Waals surface area contributed by atoms with Crippen molar-refractivity contribution in [2.24, 2.45) is 5.92 Å². The Morgan fingerprint density at radius 3 is 2.45 bits per heavy atom. The van der Waals surface area contributed by atoms with Crippen LogP contribution in [0.5, 0.6) is 0 Å². The molecule has 2 amide bonds. The minimum absolute atomic E-state index is 0.197. The second-order valence-corrected chi connectivity index (χ2v) is 7.78. The fourth-order valence-corrected chi connectivity index (χ4v) is 3.66. The first kappa shape index (κ1) is 17.1. The molecule has 2 saturated heterocycles. The number of alkyl carbamates (subject to hydrolysis) is 1. The van der Waals surface area contributed by atoms with Crippen LogP contribution in [0.3, 0.4) is 0 Å².